The maximum Gasteiger partial charge on any atom is 0.255 e. The Labute approximate surface area is 174 Å². The molecule has 0 radical (unpaired) electrons. The predicted molar refractivity (Wildman–Crippen MR) is 112 cm³/mol. The first-order valence-electron chi connectivity index (χ1n) is 10.3. The fourth-order valence-corrected chi connectivity index (χ4v) is 4.58. The molecule has 1 aromatic heterocycles. The van der Waals surface area contributed by atoms with E-state index in [9.17, 15) is 9.59 Å². The Hall–Kier alpha value is -1.53. The summed E-state index contributed by atoms with van der Waals surface area (Å²) in [5.41, 5.74) is 6.65. The lowest BCUT2D eigenvalue weighted by atomic mass is 9.71. The van der Waals surface area contributed by atoms with Crippen LogP contribution in [0.5, 0.6) is 0 Å². The summed E-state index contributed by atoms with van der Waals surface area (Å²) in [6, 6.07) is 1.88. The van der Waals surface area contributed by atoms with Crippen molar-refractivity contribution in [3.63, 3.8) is 0 Å². The average Bonchev–Trinajstić information content (AvgIpc) is 3.01. The summed E-state index contributed by atoms with van der Waals surface area (Å²) >= 11 is 0. The first kappa shape index (κ1) is 22.8. The van der Waals surface area contributed by atoms with E-state index in [1.807, 2.05) is 18.7 Å². The van der Waals surface area contributed by atoms with Gasteiger partial charge in [0.15, 0.2) is 0 Å². The van der Waals surface area contributed by atoms with Crippen LogP contribution in [0.2, 0.25) is 0 Å². The molecule has 6 nitrogen and oxygen atoms in total. The number of rotatable bonds is 5. The largest absolute Gasteiger partial charge is 0.466 e. The van der Waals surface area contributed by atoms with Crippen molar-refractivity contribution < 1.29 is 14.0 Å². The number of likely N-dealkylation sites (tertiary alicyclic amines) is 1. The van der Waals surface area contributed by atoms with Gasteiger partial charge in [0.1, 0.15) is 11.5 Å². The normalized spacial score (nSPS) is 19.8. The van der Waals surface area contributed by atoms with E-state index in [1.165, 1.54) is 19.3 Å². The number of amides is 2. The minimum absolute atomic E-state index is 0. The molecule has 7 heteroatoms. The molecule has 2 heterocycles. The van der Waals surface area contributed by atoms with Crippen molar-refractivity contribution in [3.05, 3.63) is 23.2 Å². The van der Waals surface area contributed by atoms with Gasteiger partial charge in [-0.25, -0.2) is 0 Å². The summed E-state index contributed by atoms with van der Waals surface area (Å²) in [5.74, 6) is 1.54. The Bertz CT molecular complexity index is 674. The summed E-state index contributed by atoms with van der Waals surface area (Å²) in [4.78, 5) is 27.2. The van der Waals surface area contributed by atoms with Gasteiger partial charge in [-0.05, 0) is 57.6 Å². The zero-order valence-electron chi connectivity index (χ0n) is 17.1. The molecular weight excluding hydrogens is 378 g/mol. The van der Waals surface area contributed by atoms with Crippen LogP contribution in [0.1, 0.15) is 73.2 Å². The molecule has 158 valence electrons. The van der Waals surface area contributed by atoms with E-state index in [2.05, 4.69) is 5.32 Å². The van der Waals surface area contributed by atoms with E-state index < -0.39 is 0 Å². The van der Waals surface area contributed by atoms with E-state index in [-0.39, 0.29) is 35.7 Å². The summed E-state index contributed by atoms with van der Waals surface area (Å²) in [6.07, 6.45) is 7.95. The fraction of sp³-hybridized carbons (Fsp3) is 0.714. The molecule has 0 spiro atoms. The first-order chi connectivity index (χ1) is 12.9. The summed E-state index contributed by atoms with van der Waals surface area (Å²) in [7, 11) is 0. The number of halogens is 1. The zero-order chi connectivity index (χ0) is 19.4. The lowest BCUT2D eigenvalue weighted by Crippen LogP contribution is -2.48. The molecule has 3 rings (SSSR count). The van der Waals surface area contributed by atoms with Gasteiger partial charge in [-0.1, -0.05) is 19.3 Å². The Morgan fingerprint density at radius 2 is 1.86 bits per heavy atom. The summed E-state index contributed by atoms with van der Waals surface area (Å²) in [6.45, 7) is 5.66. The third-order valence-electron chi connectivity index (χ3n) is 6.34. The summed E-state index contributed by atoms with van der Waals surface area (Å²) < 4.78 is 5.44. The van der Waals surface area contributed by atoms with E-state index >= 15 is 0 Å². The number of aryl methyl sites for hydroxylation is 2. The number of nitrogens with zero attached hydrogens (tertiary/aromatic N) is 1. The van der Waals surface area contributed by atoms with Crippen LogP contribution in [0.3, 0.4) is 0 Å². The minimum Gasteiger partial charge on any atom is -0.466 e. The zero-order valence-corrected chi connectivity index (χ0v) is 17.9. The van der Waals surface area contributed by atoms with Gasteiger partial charge in [-0.15, -0.1) is 12.4 Å². The van der Waals surface area contributed by atoms with Crippen LogP contribution >= 0.6 is 12.4 Å². The van der Waals surface area contributed by atoms with Crippen molar-refractivity contribution in [1.82, 2.24) is 10.2 Å². The van der Waals surface area contributed by atoms with Crippen LogP contribution in [0.4, 0.5) is 0 Å². The van der Waals surface area contributed by atoms with Crippen LogP contribution in [0.25, 0.3) is 0 Å². The number of carbonyl (C=O) groups is 2. The highest BCUT2D eigenvalue weighted by molar-refractivity contribution is 5.95. The van der Waals surface area contributed by atoms with Gasteiger partial charge in [0.05, 0.1) is 5.56 Å². The number of carbonyl (C=O) groups excluding carboxylic acids is 2. The van der Waals surface area contributed by atoms with E-state index in [0.717, 1.165) is 31.4 Å². The van der Waals surface area contributed by atoms with E-state index in [4.69, 9.17) is 10.2 Å². The highest BCUT2D eigenvalue weighted by Gasteiger charge is 2.35. The molecule has 1 aliphatic carbocycles. The second kappa shape index (κ2) is 9.79. The first-order valence-corrected chi connectivity index (χ1v) is 10.3. The lowest BCUT2D eigenvalue weighted by molar-refractivity contribution is -0.135. The number of piperidine rings is 1. The highest BCUT2D eigenvalue weighted by Crippen LogP contribution is 2.39. The van der Waals surface area contributed by atoms with Gasteiger partial charge in [-0.2, -0.15) is 0 Å². The third-order valence-corrected chi connectivity index (χ3v) is 6.34. The number of nitrogens with one attached hydrogen (secondary N) is 1. The van der Waals surface area contributed by atoms with Crippen molar-refractivity contribution in [2.75, 3.05) is 19.6 Å². The van der Waals surface area contributed by atoms with E-state index in [1.54, 1.807) is 6.07 Å². The highest BCUT2D eigenvalue weighted by atomic mass is 35.5. The van der Waals surface area contributed by atoms with Crippen molar-refractivity contribution in [1.29, 1.82) is 0 Å². The van der Waals surface area contributed by atoms with Crippen LogP contribution in [0.15, 0.2) is 10.5 Å². The van der Waals surface area contributed by atoms with Crippen molar-refractivity contribution in [2.45, 2.75) is 71.3 Å². The minimum atomic E-state index is -0.0848. The van der Waals surface area contributed by atoms with Gasteiger partial charge < -0.3 is 20.4 Å². The Balaban J connectivity index is 0.00000280. The molecule has 1 saturated carbocycles. The number of hydrogen-bond acceptors (Lipinski definition) is 4. The van der Waals surface area contributed by atoms with Crippen LogP contribution in [-0.4, -0.2) is 42.4 Å². The number of hydrogen-bond donors (Lipinski definition) is 2. The predicted octanol–water partition coefficient (Wildman–Crippen LogP) is 3.34. The molecule has 2 amide bonds. The molecule has 3 N–H and O–H groups in total. The molecule has 0 atom stereocenters. The maximum absolute atomic E-state index is 12.8. The number of nitrogens with two attached hydrogens (primary N) is 1. The Morgan fingerprint density at radius 1 is 1.21 bits per heavy atom. The SMILES string of the molecule is Cc1cc(C(=O)NC2CCN(C(=O)CC3(CN)CCCCC3)CC2)c(C)o1.Cl. The van der Waals surface area contributed by atoms with Crippen LogP contribution < -0.4 is 11.1 Å². The maximum atomic E-state index is 12.8. The smallest absolute Gasteiger partial charge is 0.255 e. The summed E-state index contributed by atoms with van der Waals surface area (Å²) in [5, 5.41) is 3.09. The van der Waals surface area contributed by atoms with Crippen molar-refractivity contribution >= 4 is 24.2 Å². The molecule has 1 aliphatic heterocycles. The van der Waals surface area contributed by atoms with Crippen LogP contribution in [-0.2, 0) is 4.79 Å². The monoisotopic (exact) mass is 411 g/mol. The molecule has 0 bridgehead atoms. The standard InChI is InChI=1S/C21H33N3O3.ClH/c1-15-12-18(16(2)27-15)20(26)23-17-6-10-24(11-7-17)19(25)13-21(14-22)8-4-3-5-9-21;/h12,17H,3-11,13-14,22H2,1-2H3,(H,23,26);1H. The lowest BCUT2D eigenvalue weighted by Gasteiger charge is -2.39. The molecular formula is C21H34ClN3O3. The van der Waals surface area contributed by atoms with E-state index in [0.29, 0.717) is 37.4 Å². The van der Waals surface area contributed by atoms with Crippen molar-refractivity contribution in [2.24, 2.45) is 11.1 Å². The Kier molecular flexibility index (Phi) is 7.96. The average molecular weight is 412 g/mol. The van der Waals surface area contributed by atoms with Gasteiger partial charge >= 0.3 is 0 Å². The second-order valence-electron chi connectivity index (χ2n) is 8.40. The molecule has 0 unspecified atom stereocenters. The second-order valence-corrected chi connectivity index (χ2v) is 8.40. The van der Waals surface area contributed by atoms with Crippen LogP contribution in [0, 0.1) is 19.3 Å². The molecule has 2 fully saturated rings. The number of furan rings is 1. The fourth-order valence-electron chi connectivity index (χ4n) is 4.58. The van der Waals surface area contributed by atoms with Gasteiger partial charge in [0, 0.05) is 25.6 Å². The molecule has 2 aliphatic rings. The van der Waals surface area contributed by atoms with Gasteiger partial charge in [0.25, 0.3) is 5.91 Å². The molecule has 28 heavy (non-hydrogen) atoms. The quantitative estimate of drug-likeness (QED) is 0.777. The van der Waals surface area contributed by atoms with Gasteiger partial charge in [0.2, 0.25) is 5.91 Å². The topological polar surface area (TPSA) is 88.6 Å². The van der Waals surface area contributed by atoms with Gasteiger partial charge in [-0.3, -0.25) is 9.59 Å². The molecule has 1 saturated heterocycles. The molecule has 0 aromatic carbocycles. The molecule has 1 aromatic rings. The Morgan fingerprint density at radius 3 is 2.39 bits per heavy atom. The third kappa shape index (κ3) is 5.29. The van der Waals surface area contributed by atoms with Crippen molar-refractivity contribution in [3.8, 4) is 0 Å².